The Morgan fingerprint density at radius 3 is 1.62 bits per heavy atom. The lowest BCUT2D eigenvalue weighted by Gasteiger charge is -2.37. The molecule has 0 aromatic carbocycles. The maximum absolute atomic E-state index is 9.92. The molecule has 10 heteroatoms. The van der Waals surface area contributed by atoms with E-state index < -0.39 is 56.8 Å². The number of β-amino-alcohol motifs (C(OH)–C–C–N with tert-alkyl or cyclic N) is 1. The molecule has 0 amide bonds. The topological polar surface area (TPSA) is 157 Å². The third kappa shape index (κ3) is 5.82. The quantitative estimate of drug-likeness (QED) is 0.116. The van der Waals surface area contributed by atoms with Crippen LogP contribution in [0.5, 0.6) is 0 Å². The molecule has 0 heterocycles. The Kier molecular flexibility index (Phi) is 10.4. The van der Waals surface area contributed by atoms with E-state index in [9.17, 15) is 20.4 Å². The number of nitrogens with one attached hydrogen (secondary N) is 1. The largest absolute Gasteiger partial charge is 0.394 e. The van der Waals surface area contributed by atoms with Crippen molar-refractivity contribution in [3.63, 3.8) is 0 Å². The molecule has 0 fully saturated rings. The summed E-state index contributed by atoms with van der Waals surface area (Å²) in [6.45, 7) is -3.02. The SMILES string of the molecule is OCC(CO)(CO)NCC(O)CN(I)C(CO)(CO)CO. The van der Waals surface area contributed by atoms with E-state index in [2.05, 4.69) is 5.32 Å². The summed E-state index contributed by atoms with van der Waals surface area (Å²) in [5, 5.41) is 67.8. The van der Waals surface area contributed by atoms with E-state index in [4.69, 9.17) is 15.3 Å². The Morgan fingerprint density at radius 2 is 1.29 bits per heavy atom. The molecule has 21 heavy (non-hydrogen) atoms. The van der Waals surface area contributed by atoms with Crippen molar-refractivity contribution in [2.75, 3.05) is 52.7 Å². The molecule has 0 bridgehead atoms. The highest BCUT2D eigenvalue weighted by Crippen LogP contribution is 2.19. The zero-order valence-corrected chi connectivity index (χ0v) is 13.8. The van der Waals surface area contributed by atoms with Gasteiger partial charge in [0.15, 0.2) is 0 Å². The first-order valence-corrected chi connectivity index (χ1v) is 7.37. The van der Waals surface area contributed by atoms with Crippen LogP contribution in [0.1, 0.15) is 0 Å². The van der Waals surface area contributed by atoms with Gasteiger partial charge in [-0.15, -0.1) is 0 Å². The van der Waals surface area contributed by atoms with Crippen molar-refractivity contribution < 1.29 is 35.7 Å². The molecule has 9 nitrogen and oxygen atoms in total. The Balaban J connectivity index is 4.52. The molecule has 8 N–H and O–H groups in total. The van der Waals surface area contributed by atoms with Crippen LogP contribution >= 0.6 is 22.9 Å². The molecule has 0 aromatic rings. The summed E-state index contributed by atoms with van der Waals surface area (Å²) in [6.07, 6.45) is -0.977. The van der Waals surface area contributed by atoms with Crippen LogP contribution in [0.15, 0.2) is 0 Å². The molecule has 0 rings (SSSR count). The molecule has 0 aliphatic rings. The zero-order valence-electron chi connectivity index (χ0n) is 11.7. The third-order valence-electron chi connectivity index (χ3n) is 3.39. The van der Waals surface area contributed by atoms with Gasteiger partial charge in [0, 0.05) is 36.0 Å². The number of rotatable bonds is 12. The number of hydrogen-bond donors (Lipinski definition) is 8. The molecule has 1 atom stereocenters. The molecule has 0 aliphatic carbocycles. The smallest absolute Gasteiger partial charge is 0.0995 e. The van der Waals surface area contributed by atoms with E-state index in [1.165, 1.54) is 3.11 Å². The van der Waals surface area contributed by atoms with Crippen LogP contribution in [-0.4, -0.2) is 109 Å². The Morgan fingerprint density at radius 1 is 0.857 bits per heavy atom. The van der Waals surface area contributed by atoms with E-state index in [1.54, 1.807) is 22.9 Å². The number of aliphatic hydroxyl groups is 7. The lowest BCUT2D eigenvalue weighted by Crippen LogP contribution is -2.59. The van der Waals surface area contributed by atoms with Crippen LogP contribution in [0.25, 0.3) is 0 Å². The predicted octanol–water partition coefficient (Wildman–Crippen LogP) is -3.98. The van der Waals surface area contributed by atoms with Gasteiger partial charge in [0.05, 0.1) is 56.8 Å². The van der Waals surface area contributed by atoms with Crippen molar-refractivity contribution in [1.29, 1.82) is 0 Å². The van der Waals surface area contributed by atoms with Crippen LogP contribution in [0.4, 0.5) is 0 Å². The second-order valence-electron chi connectivity index (χ2n) is 5.03. The van der Waals surface area contributed by atoms with Gasteiger partial charge in [-0.25, -0.2) is 3.11 Å². The van der Waals surface area contributed by atoms with Gasteiger partial charge in [0.1, 0.15) is 0 Å². The van der Waals surface area contributed by atoms with Crippen molar-refractivity contribution in [3.05, 3.63) is 0 Å². The average Bonchev–Trinajstić information content (AvgIpc) is 2.51. The van der Waals surface area contributed by atoms with E-state index in [0.717, 1.165) is 0 Å². The fourth-order valence-corrected chi connectivity index (χ4v) is 2.39. The van der Waals surface area contributed by atoms with Gasteiger partial charge >= 0.3 is 0 Å². The summed E-state index contributed by atoms with van der Waals surface area (Å²) in [4.78, 5) is 0. The summed E-state index contributed by atoms with van der Waals surface area (Å²) >= 11 is 1.78. The van der Waals surface area contributed by atoms with Gasteiger partial charge in [0.2, 0.25) is 0 Å². The molecule has 0 spiro atoms. The highest BCUT2D eigenvalue weighted by molar-refractivity contribution is 14.1. The molecule has 0 aromatic heterocycles. The fraction of sp³-hybridized carbons (Fsp3) is 1.00. The second kappa shape index (κ2) is 10.2. The summed E-state index contributed by atoms with van der Waals surface area (Å²) in [6, 6.07) is 0. The number of nitrogens with zero attached hydrogens (tertiary/aromatic N) is 1. The van der Waals surface area contributed by atoms with Gasteiger partial charge in [0.25, 0.3) is 0 Å². The Bertz CT molecular complexity index is 261. The van der Waals surface area contributed by atoms with E-state index in [0.29, 0.717) is 0 Å². The second-order valence-corrected chi connectivity index (χ2v) is 6.20. The van der Waals surface area contributed by atoms with Crippen molar-refractivity contribution in [3.8, 4) is 0 Å². The lowest BCUT2D eigenvalue weighted by molar-refractivity contribution is -0.0106. The number of hydrogen-bond acceptors (Lipinski definition) is 9. The van der Waals surface area contributed by atoms with Gasteiger partial charge in [-0.05, 0) is 0 Å². The minimum absolute atomic E-state index is 0.00755. The predicted molar refractivity (Wildman–Crippen MR) is 82.7 cm³/mol. The van der Waals surface area contributed by atoms with Crippen LogP contribution in [0.2, 0.25) is 0 Å². The normalized spacial score (nSPS) is 14.7. The number of aliphatic hydroxyl groups excluding tert-OH is 7. The molecule has 0 radical (unpaired) electrons. The molecular formula is C11H25IN2O7. The third-order valence-corrected chi connectivity index (χ3v) is 4.81. The Labute approximate surface area is 137 Å². The van der Waals surface area contributed by atoms with Crippen LogP contribution in [-0.2, 0) is 0 Å². The summed E-state index contributed by atoms with van der Waals surface area (Å²) in [5.41, 5.74) is -2.55. The standard InChI is InChI=1S/C11H25IN2O7/c12-14(11(6-18,7-19)8-20)2-9(21)1-13-10(3-15,4-16)5-17/h9,13,15-21H,1-8H2. The zero-order chi connectivity index (χ0) is 16.5. The van der Waals surface area contributed by atoms with Crippen LogP contribution in [0, 0.1) is 0 Å². The average molecular weight is 424 g/mol. The summed E-state index contributed by atoms with van der Waals surface area (Å²) < 4.78 is 1.40. The maximum atomic E-state index is 9.92. The monoisotopic (exact) mass is 424 g/mol. The van der Waals surface area contributed by atoms with Gasteiger partial charge < -0.3 is 41.1 Å². The minimum Gasteiger partial charge on any atom is -0.394 e. The first kappa shape index (κ1) is 21.4. The molecule has 0 saturated heterocycles. The first-order chi connectivity index (χ1) is 9.89. The fourth-order valence-electron chi connectivity index (χ4n) is 1.48. The lowest BCUT2D eigenvalue weighted by atomic mass is 10.0. The van der Waals surface area contributed by atoms with Crippen molar-refractivity contribution in [2.24, 2.45) is 0 Å². The van der Waals surface area contributed by atoms with Crippen molar-refractivity contribution >= 4 is 22.9 Å². The molecular weight excluding hydrogens is 399 g/mol. The van der Waals surface area contributed by atoms with Crippen LogP contribution < -0.4 is 5.32 Å². The van der Waals surface area contributed by atoms with Crippen LogP contribution in [0.3, 0.4) is 0 Å². The van der Waals surface area contributed by atoms with E-state index >= 15 is 0 Å². The number of halogens is 1. The van der Waals surface area contributed by atoms with Gasteiger partial charge in [-0.1, -0.05) is 0 Å². The van der Waals surface area contributed by atoms with Crippen molar-refractivity contribution in [1.82, 2.24) is 8.43 Å². The maximum Gasteiger partial charge on any atom is 0.0995 e. The first-order valence-electron chi connectivity index (χ1n) is 6.41. The molecule has 0 saturated carbocycles. The van der Waals surface area contributed by atoms with E-state index in [1.807, 2.05) is 0 Å². The highest BCUT2D eigenvalue weighted by atomic mass is 127. The molecule has 128 valence electrons. The molecule has 0 aliphatic heterocycles. The van der Waals surface area contributed by atoms with Crippen molar-refractivity contribution in [2.45, 2.75) is 17.2 Å². The van der Waals surface area contributed by atoms with Gasteiger partial charge in [-0.3, -0.25) is 0 Å². The van der Waals surface area contributed by atoms with Gasteiger partial charge in [-0.2, -0.15) is 0 Å². The van der Waals surface area contributed by atoms with E-state index in [-0.39, 0.29) is 13.1 Å². The molecule has 1 unspecified atom stereocenters. The minimum atomic E-state index is -1.29. The highest BCUT2D eigenvalue weighted by Gasteiger charge is 2.36. The summed E-state index contributed by atoms with van der Waals surface area (Å²) in [7, 11) is 0. The Hall–Kier alpha value is 0.370. The summed E-state index contributed by atoms with van der Waals surface area (Å²) in [5.74, 6) is 0.